The Bertz CT molecular complexity index is 228. The first-order valence-corrected chi connectivity index (χ1v) is 4.17. The van der Waals surface area contributed by atoms with Crippen molar-refractivity contribution in [1.29, 1.82) is 0 Å². The zero-order chi connectivity index (χ0) is 7.68. The largest absolute Gasteiger partial charge is 0.512 e. The van der Waals surface area contributed by atoms with Crippen LogP contribution in [0.15, 0.2) is 23.0 Å². The molecule has 0 unspecified atom stereocenters. The van der Waals surface area contributed by atoms with E-state index in [2.05, 4.69) is 5.32 Å². The standard InChI is InChI=1S/C9H13NO/c11-9-2-1-7-3-4-10-6-8(7)5-9/h5,10-11H,1-4,6H2. The average Bonchev–Trinajstić information content (AvgIpc) is 2.04. The lowest BCUT2D eigenvalue weighted by molar-refractivity contribution is 0.381. The fourth-order valence-electron chi connectivity index (χ4n) is 1.74. The second kappa shape index (κ2) is 2.70. The van der Waals surface area contributed by atoms with Crippen LogP contribution in [0.1, 0.15) is 19.3 Å². The van der Waals surface area contributed by atoms with Crippen molar-refractivity contribution in [3.63, 3.8) is 0 Å². The van der Waals surface area contributed by atoms with E-state index in [-0.39, 0.29) is 0 Å². The molecule has 60 valence electrons. The number of hydrogen-bond donors (Lipinski definition) is 2. The molecule has 2 N–H and O–H groups in total. The fourth-order valence-corrected chi connectivity index (χ4v) is 1.74. The summed E-state index contributed by atoms with van der Waals surface area (Å²) in [5.41, 5.74) is 2.86. The summed E-state index contributed by atoms with van der Waals surface area (Å²) in [5.74, 6) is 0.549. The van der Waals surface area contributed by atoms with Gasteiger partial charge in [-0.05, 0) is 31.0 Å². The maximum atomic E-state index is 9.25. The van der Waals surface area contributed by atoms with Crippen molar-refractivity contribution in [1.82, 2.24) is 5.32 Å². The minimum absolute atomic E-state index is 0.549. The van der Waals surface area contributed by atoms with Gasteiger partial charge in [0.2, 0.25) is 0 Å². The Hall–Kier alpha value is -0.760. The Morgan fingerprint density at radius 2 is 2.18 bits per heavy atom. The minimum Gasteiger partial charge on any atom is -0.512 e. The Balaban J connectivity index is 2.25. The molecule has 0 aromatic heterocycles. The summed E-state index contributed by atoms with van der Waals surface area (Å²) in [6, 6.07) is 0. The highest BCUT2D eigenvalue weighted by Crippen LogP contribution is 2.26. The molecule has 0 aromatic carbocycles. The third-order valence-corrected chi connectivity index (χ3v) is 2.40. The molecular weight excluding hydrogens is 138 g/mol. The van der Waals surface area contributed by atoms with E-state index in [0.717, 1.165) is 25.9 Å². The van der Waals surface area contributed by atoms with Gasteiger partial charge in [0.1, 0.15) is 0 Å². The van der Waals surface area contributed by atoms with Crippen molar-refractivity contribution < 1.29 is 5.11 Å². The Kier molecular flexibility index (Phi) is 1.70. The second-order valence-corrected chi connectivity index (χ2v) is 3.19. The van der Waals surface area contributed by atoms with Crippen LogP contribution in [0.5, 0.6) is 0 Å². The molecule has 0 amide bonds. The molecule has 2 nitrogen and oxygen atoms in total. The summed E-state index contributed by atoms with van der Waals surface area (Å²) < 4.78 is 0. The monoisotopic (exact) mass is 151 g/mol. The first kappa shape index (κ1) is 6.92. The molecule has 0 saturated carbocycles. The van der Waals surface area contributed by atoms with Gasteiger partial charge < -0.3 is 10.4 Å². The molecule has 0 aromatic rings. The van der Waals surface area contributed by atoms with E-state index in [1.54, 1.807) is 5.57 Å². The summed E-state index contributed by atoms with van der Waals surface area (Å²) in [6.07, 6.45) is 5.00. The van der Waals surface area contributed by atoms with E-state index in [4.69, 9.17) is 0 Å². The predicted octanol–water partition coefficient (Wildman–Crippen LogP) is 1.51. The van der Waals surface area contributed by atoms with E-state index < -0.39 is 0 Å². The molecule has 0 saturated heterocycles. The number of allylic oxidation sites excluding steroid dienone is 1. The van der Waals surface area contributed by atoms with Crippen LogP contribution in [0.2, 0.25) is 0 Å². The van der Waals surface area contributed by atoms with Crippen LogP contribution >= 0.6 is 0 Å². The Morgan fingerprint density at radius 1 is 1.27 bits per heavy atom. The number of nitrogens with one attached hydrogen (secondary N) is 1. The van der Waals surface area contributed by atoms with Crippen molar-refractivity contribution in [3.8, 4) is 0 Å². The number of aliphatic hydroxyl groups excluding tert-OH is 1. The summed E-state index contributed by atoms with van der Waals surface area (Å²) >= 11 is 0. The van der Waals surface area contributed by atoms with Gasteiger partial charge in [0, 0.05) is 13.0 Å². The van der Waals surface area contributed by atoms with Gasteiger partial charge in [-0.1, -0.05) is 5.57 Å². The average molecular weight is 151 g/mol. The quantitative estimate of drug-likeness (QED) is 0.550. The zero-order valence-corrected chi connectivity index (χ0v) is 6.56. The van der Waals surface area contributed by atoms with Gasteiger partial charge in [-0.25, -0.2) is 0 Å². The smallest absolute Gasteiger partial charge is 0.0929 e. The second-order valence-electron chi connectivity index (χ2n) is 3.19. The van der Waals surface area contributed by atoms with Gasteiger partial charge in [-0.15, -0.1) is 0 Å². The minimum atomic E-state index is 0.549. The van der Waals surface area contributed by atoms with Gasteiger partial charge in [-0.3, -0.25) is 0 Å². The van der Waals surface area contributed by atoms with Crippen LogP contribution in [-0.4, -0.2) is 18.2 Å². The van der Waals surface area contributed by atoms with E-state index in [9.17, 15) is 5.11 Å². The van der Waals surface area contributed by atoms with Gasteiger partial charge >= 0.3 is 0 Å². The lowest BCUT2D eigenvalue weighted by atomic mass is 9.92. The molecule has 2 heteroatoms. The van der Waals surface area contributed by atoms with Crippen LogP contribution in [-0.2, 0) is 0 Å². The molecular formula is C9H13NO. The van der Waals surface area contributed by atoms with Crippen molar-refractivity contribution in [2.75, 3.05) is 13.1 Å². The van der Waals surface area contributed by atoms with Crippen LogP contribution in [0.3, 0.4) is 0 Å². The molecule has 0 radical (unpaired) electrons. The normalized spacial score (nSPS) is 24.5. The third-order valence-electron chi connectivity index (χ3n) is 2.40. The maximum absolute atomic E-state index is 9.25. The fraction of sp³-hybridized carbons (Fsp3) is 0.556. The van der Waals surface area contributed by atoms with Gasteiger partial charge in [-0.2, -0.15) is 0 Å². The highest BCUT2D eigenvalue weighted by Gasteiger charge is 2.15. The lowest BCUT2D eigenvalue weighted by Gasteiger charge is -2.22. The molecule has 0 spiro atoms. The molecule has 2 aliphatic rings. The molecule has 1 aliphatic carbocycles. The molecule has 2 rings (SSSR count). The van der Waals surface area contributed by atoms with Crippen molar-refractivity contribution in [3.05, 3.63) is 23.0 Å². The van der Waals surface area contributed by atoms with Gasteiger partial charge in [0.25, 0.3) is 0 Å². The first-order valence-electron chi connectivity index (χ1n) is 4.17. The van der Waals surface area contributed by atoms with Crippen LogP contribution in [0.4, 0.5) is 0 Å². The predicted molar refractivity (Wildman–Crippen MR) is 44.5 cm³/mol. The highest BCUT2D eigenvalue weighted by molar-refractivity contribution is 5.34. The van der Waals surface area contributed by atoms with E-state index in [1.807, 2.05) is 6.08 Å². The Morgan fingerprint density at radius 3 is 3.09 bits per heavy atom. The molecule has 1 aliphatic heterocycles. The number of aliphatic hydroxyl groups is 1. The topological polar surface area (TPSA) is 32.3 Å². The first-order chi connectivity index (χ1) is 5.36. The summed E-state index contributed by atoms with van der Waals surface area (Å²) in [5, 5.41) is 12.5. The van der Waals surface area contributed by atoms with E-state index in [0.29, 0.717) is 5.76 Å². The SMILES string of the molecule is OC1=CC2=C(CCNC2)CC1. The summed E-state index contributed by atoms with van der Waals surface area (Å²) in [6.45, 7) is 2.05. The molecule has 11 heavy (non-hydrogen) atoms. The molecule has 1 heterocycles. The van der Waals surface area contributed by atoms with Gasteiger partial charge in [0.05, 0.1) is 5.76 Å². The summed E-state index contributed by atoms with van der Waals surface area (Å²) in [7, 11) is 0. The highest BCUT2D eigenvalue weighted by atomic mass is 16.3. The lowest BCUT2D eigenvalue weighted by Crippen LogP contribution is -2.25. The van der Waals surface area contributed by atoms with Crippen molar-refractivity contribution in [2.45, 2.75) is 19.3 Å². The third kappa shape index (κ3) is 1.31. The van der Waals surface area contributed by atoms with E-state index >= 15 is 0 Å². The Labute approximate surface area is 66.6 Å². The molecule has 0 atom stereocenters. The van der Waals surface area contributed by atoms with Gasteiger partial charge in [0.15, 0.2) is 0 Å². The van der Waals surface area contributed by atoms with Crippen LogP contribution in [0.25, 0.3) is 0 Å². The maximum Gasteiger partial charge on any atom is 0.0929 e. The molecule has 0 bridgehead atoms. The molecule has 0 fully saturated rings. The number of rotatable bonds is 0. The summed E-state index contributed by atoms with van der Waals surface area (Å²) in [4.78, 5) is 0. The van der Waals surface area contributed by atoms with Crippen molar-refractivity contribution >= 4 is 0 Å². The number of hydrogen-bond acceptors (Lipinski definition) is 2. The van der Waals surface area contributed by atoms with E-state index in [1.165, 1.54) is 12.0 Å². The van der Waals surface area contributed by atoms with Crippen LogP contribution in [0, 0.1) is 0 Å². The zero-order valence-electron chi connectivity index (χ0n) is 6.56. The van der Waals surface area contributed by atoms with Crippen LogP contribution < -0.4 is 5.32 Å². The van der Waals surface area contributed by atoms with Crippen molar-refractivity contribution in [2.24, 2.45) is 0 Å².